The summed E-state index contributed by atoms with van der Waals surface area (Å²) in [6, 6.07) is 7.31. The minimum absolute atomic E-state index is 0.313. The van der Waals surface area contributed by atoms with Crippen molar-refractivity contribution in [2.45, 2.75) is 30.2 Å². The van der Waals surface area contributed by atoms with Crippen molar-refractivity contribution in [1.82, 2.24) is 4.31 Å². The number of alkyl halides is 1. The lowest BCUT2D eigenvalue weighted by atomic mass is 10.1. The van der Waals surface area contributed by atoms with Gasteiger partial charge in [-0.2, -0.15) is 0 Å². The third-order valence-corrected chi connectivity index (χ3v) is 6.07. The minimum atomic E-state index is -3.35. The fraction of sp³-hybridized carbons (Fsp3) is 0.571. The van der Waals surface area contributed by atoms with Crippen LogP contribution in [0.1, 0.15) is 19.3 Å². The molecule has 1 aromatic carbocycles. The molecule has 1 N–H and O–H groups in total. The van der Waals surface area contributed by atoms with Crippen molar-refractivity contribution < 1.29 is 8.42 Å². The number of hydrogen-bond acceptors (Lipinski definition) is 3. The van der Waals surface area contributed by atoms with E-state index in [4.69, 9.17) is 11.6 Å². The number of hydrogen-bond donors (Lipinski definition) is 1. The number of rotatable bonds is 5. The smallest absolute Gasteiger partial charge is 0.242 e. The molecule has 0 aromatic heterocycles. The Morgan fingerprint density at radius 1 is 1.25 bits per heavy atom. The SMILES string of the molecule is CN(C)S(=O)(=O)c1ccc(NC2CCCC2CCl)cc1. The zero-order chi connectivity index (χ0) is 14.8. The van der Waals surface area contributed by atoms with Crippen LogP contribution in [0.2, 0.25) is 0 Å². The quantitative estimate of drug-likeness (QED) is 0.850. The number of nitrogens with one attached hydrogen (secondary N) is 1. The molecule has 0 amide bonds. The monoisotopic (exact) mass is 316 g/mol. The van der Waals surface area contributed by atoms with Gasteiger partial charge in [-0.3, -0.25) is 0 Å². The van der Waals surface area contributed by atoms with Crippen LogP contribution in [0.3, 0.4) is 0 Å². The lowest BCUT2D eigenvalue weighted by Gasteiger charge is -2.20. The van der Waals surface area contributed by atoms with Gasteiger partial charge in [0.2, 0.25) is 10.0 Å². The molecule has 0 aliphatic heterocycles. The Balaban J connectivity index is 2.09. The predicted molar refractivity (Wildman–Crippen MR) is 82.8 cm³/mol. The average molecular weight is 317 g/mol. The number of benzene rings is 1. The first kappa shape index (κ1) is 15.6. The summed E-state index contributed by atoms with van der Waals surface area (Å²) in [6.45, 7) is 0. The Hall–Kier alpha value is -0.780. The lowest BCUT2D eigenvalue weighted by molar-refractivity contribution is 0.520. The zero-order valence-electron chi connectivity index (χ0n) is 11.8. The van der Waals surface area contributed by atoms with Gasteiger partial charge < -0.3 is 5.32 Å². The fourth-order valence-corrected chi connectivity index (χ4v) is 3.83. The van der Waals surface area contributed by atoms with Crippen LogP contribution in [0.4, 0.5) is 5.69 Å². The molecule has 2 unspecified atom stereocenters. The third kappa shape index (κ3) is 3.27. The zero-order valence-corrected chi connectivity index (χ0v) is 13.4. The van der Waals surface area contributed by atoms with Crippen molar-refractivity contribution in [2.75, 3.05) is 25.3 Å². The second-order valence-corrected chi connectivity index (χ2v) is 7.87. The van der Waals surface area contributed by atoms with E-state index in [0.717, 1.165) is 18.5 Å². The normalized spacial score (nSPS) is 23.2. The molecule has 0 saturated heterocycles. The van der Waals surface area contributed by atoms with Gasteiger partial charge in [0.1, 0.15) is 0 Å². The van der Waals surface area contributed by atoms with Gasteiger partial charge in [0.15, 0.2) is 0 Å². The van der Waals surface area contributed by atoms with Crippen LogP contribution in [0.5, 0.6) is 0 Å². The average Bonchev–Trinajstić information content (AvgIpc) is 2.86. The van der Waals surface area contributed by atoms with Crippen LogP contribution in [0, 0.1) is 5.92 Å². The third-order valence-electron chi connectivity index (χ3n) is 3.84. The first-order valence-corrected chi connectivity index (χ1v) is 8.77. The Bertz CT molecular complexity index is 543. The first-order valence-electron chi connectivity index (χ1n) is 6.80. The summed E-state index contributed by atoms with van der Waals surface area (Å²) in [5.41, 5.74) is 0.949. The van der Waals surface area contributed by atoms with Crippen molar-refractivity contribution in [3.63, 3.8) is 0 Å². The lowest BCUT2D eigenvalue weighted by Crippen LogP contribution is -2.25. The molecule has 1 aromatic rings. The molecule has 1 saturated carbocycles. The van der Waals surface area contributed by atoms with Crippen LogP contribution < -0.4 is 5.32 Å². The molecule has 1 fully saturated rings. The van der Waals surface area contributed by atoms with Gasteiger partial charge in [-0.1, -0.05) is 6.42 Å². The highest BCUT2D eigenvalue weighted by Gasteiger charge is 2.26. The van der Waals surface area contributed by atoms with Gasteiger partial charge in [0.05, 0.1) is 4.90 Å². The van der Waals surface area contributed by atoms with E-state index in [0.29, 0.717) is 22.7 Å². The van der Waals surface area contributed by atoms with Gasteiger partial charge in [0, 0.05) is 31.7 Å². The number of halogens is 1. The van der Waals surface area contributed by atoms with Crippen LogP contribution in [-0.4, -0.2) is 38.7 Å². The molecule has 0 spiro atoms. The van der Waals surface area contributed by atoms with E-state index in [-0.39, 0.29) is 0 Å². The number of nitrogens with zero attached hydrogens (tertiary/aromatic N) is 1. The van der Waals surface area contributed by atoms with E-state index in [9.17, 15) is 8.42 Å². The van der Waals surface area contributed by atoms with E-state index in [1.54, 1.807) is 12.1 Å². The van der Waals surface area contributed by atoms with E-state index in [2.05, 4.69) is 5.32 Å². The van der Waals surface area contributed by atoms with Crippen LogP contribution in [-0.2, 0) is 10.0 Å². The molecule has 0 heterocycles. The van der Waals surface area contributed by atoms with Crippen molar-refractivity contribution in [2.24, 2.45) is 5.92 Å². The second kappa shape index (κ2) is 6.33. The maximum absolute atomic E-state index is 12.0. The summed E-state index contributed by atoms with van der Waals surface area (Å²) >= 11 is 5.96. The summed E-state index contributed by atoms with van der Waals surface area (Å²) in [6.07, 6.45) is 3.48. The van der Waals surface area contributed by atoms with Crippen molar-refractivity contribution in [3.8, 4) is 0 Å². The van der Waals surface area contributed by atoms with E-state index < -0.39 is 10.0 Å². The fourth-order valence-electron chi connectivity index (χ4n) is 2.56. The van der Waals surface area contributed by atoms with Crippen LogP contribution in [0.25, 0.3) is 0 Å². The van der Waals surface area contributed by atoms with Crippen LogP contribution in [0.15, 0.2) is 29.2 Å². The number of sulfonamides is 1. The molecule has 20 heavy (non-hydrogen) atoms. The van der Waals surface area contributed by atoms with E-state index >= 15 is 0 Å². The molecule has 0 radical (unpaired) electrons. The highest BCUT2D eigenvalue weighted by Crippen LogP contribution is 2.29. The maximum Gasteiger partial charge on any atom is 0.242 e. The molecule has 1 aliphatic rings. The summed E-state index contributed by atoms with van der Waals surface area (Å²) < 4.78 is 25.2. The van der Waals surface area contributed by atoms with Crippen molar-refractivity contribution >= 4 is 27.3 Å². The summed E-state index contributed by atoms with van der Waals surface area (Å²) in [5.74, 6) is 1.17. The molecule has 0 bridgehead atoms. The molecule has 4 nitrogen and oxygen atoms in total. The molecular formula is C14H21ClN2O2S. The topological polar surface area (TPSA) is 49.4 Å². The predicted octanol–water partition coefficient (Wildman–Crippen LogP) is 2.76. The van der Waals surface area contributed by atoms with Crippen molar-refractivity contribution in [1.29, 1.82) is 0 Å². The highest BCUT2D eigenvalue weighted by atomic mass is 35.5. The molecule has 2 atom stereocenters. The van der Waals surface area contributed by atoms with E-state index in [1.807, 2.05) is 12.1 Å². The second-order valence-electron chi connectivity index (χ2n) is 5.41. The summed E-state index contributed by atoms with van der Waals surface area (Å²) in [7, 11) is -0.286. The van der Waals surface area contributed by atoms with Crippen molar-refractivity contribution in [3.05, 3.63) is 24.3 Å². The molecule has 6 heteroatoms. The molecule has 1 aliphatic carbocycles. The summed E-state index contributed by atoms with van der Waals surface area (Å²) in [4.78, 5) is 0.313. The van der Waals surface area contributed by atoms with Gasteiger partial charge in [-0.15, -0.1) is 11.6 Å². The van der Waals surface area contributed by atoms with Gasteiger partial charge in [-0.25, -0.2) is 12.7 Å². The Morgan fingerprint density at radius 2 is 1.90 bits per heavy atom. The van der Waals surface area contributed by atoms with Gasteiger partial charge >= 0.3 is 0 Å². The van der Waals surface area contributed by atoms with Gasteiger partial charge in [0.25, 0.3) is 0 Å². The number of anilines is 1. The maximum atomic E-state index is 12.0. The van der Waals surface area contributed by atoms with Crippen LogP contribution >= 0.6 is 11.6 Å². The molecule has 112 valence electrons. The largest absolute Gasteiger partial charge is 0.382 e. The Morgan fingerprint density at radius 3 is 2.45 bits per heavy atom. The first-order chi connectivity index (χ1) is 9.45. The van der Waals surface area contributed by atoms with Gasteiger partial charge in [-0.05, 0) is 43.0 Å². The molecular weight excluding hydrogens is 296 g/mol. The summed E-state index contributed by atoms with van der Waals surface area (Å²) in [5, 5.41) is 3.46. The standard InChI is InChI=1S/C14H21ClN2O2S/c1-17(2)20(18,19)13-8-6-12(7-9-13)16-14-5-3-4-11(14)10-15/h6-9,11,14,16H,3-5,10H2,1-2H3. The highest BCUT2D eigenvalue weighted by molar-refractivity contribution is 7.89. The minimum Gasteiger partial charge on any atom is -0.382 e. The Labute approximate surface area is 126 Å². The molecule has 2 rings (SSSR count). The Kier molecular flexibility index (Phi) is 4.94. The van der Waals surface area contributed by atoms with E-state index in [1.165, 1.54) is 24.8 Å².